The van der Waals surface area contributed by atoms with Gasteiger partial charge in [0.15, 0.2) is 0 Å². The highest BCUT2D eigenvalue weighted by Gasteiger charge is 2.31. The second-order valence-electron chi connectivity index (χ2n) is 7.39. The number of hydrogen-bond donors (Lipinski definition) is 7. The number of nitrogens with one attached hydrogen (secondary N) is 3. The number of hydrogen-bond acceptors (Lipinski definition) is 8. The van der Waals surface area contributed by atoms with Crippen molar-refractivity contribution in [2.45, 2.75) is 57.3 Å². The first kappa shape index (κ1) is 28.6. The summed E-state index contributed by atoms with van der Waals surface area (Å²) in [7, 11) is 0. The van der Waals surface area contributed by atoms with E-state index in [4.69, 9.17) is 11.5 Å². The maximum absolute atomic E-state index is 12.5. The summed E-state index contributed by atoms with van der Waals surface area (Å²) in [5, 5.41) is 25.5. The number of amides is 4. The molecule has 0 spiro atoms. The molecule has 0 saturated carbocycles. The van der Waals surface area contributed by atoms with Gasteiger partial charge in [-0.15, -0.1) is 0 Å². The lowest BCUT2D eigenvalue weighted by atomic mass is 10.0. The largest absolute Gasteiger partial charge is 0.480 e. The molecule has 0 radical (unpaired) electrons. The Hall–Kier alpha value is -2.38. The zero-order chi connectivity index (χ0) is 24.1. The van der Waals surface area contributed by atoms with E-state index >= 15 is 0 Å². The van der Waals surface area contributed by atoms with E-state index in [0.29, 0.717) is 12.2 Å². The van der Waals surface area contributed by atoms with Crippen molar-refractivity contribution in [1.29, 1.82) is 0 Å². The van der Waals surface area contributed by atoms with E-state index in [9.17, 15) is 34.2 Å². The smallest absolute Gasteiger partial charge is 0.326 e. The van der Waals surface area contributed by atoms with Crippen molar-refractivity contribution in [1.82, 2.24) is 16.0 Å². The van der Waals surface area contributed by atoms with Crippen molar-refractivity contribution in [2.24, 2.45) is 17.4 Å². The number of aliphatic hydroxyl groups is 1. The van der Waals surface area contributed by atoms with Crippen LogP contribution in [0.2, 0.25) is 0 Å². The summed E-state index contributed by atoms with van der Waals surface area (Å²) in [6.45, 7) is 2.75. The Kier molecular flexibility index (Phi) is 13.5. The van der Waals surface area contributed by atoms with Gasteiger partial charge < -0.3 is 37.6 Å². The minimum absolute atomic E-state index is 0.0464. The highest BCUT2D eigenvalue weighted by atomic mass is 32.2. The van der Waals surface area contributed by atoms with Crippen LogP contribution in [0.15, 0.2) is 0 Å². The van der Waals surface area contributed by atoms with E-state index in [1.165, 1.54) is 11.8 Å². The van der Waals surface area contributed by atoms with Crippen LogP contribution in [0, 0.1) is 5.92 Å². The minimum atomic E-state index is -1.49. The zero-order valence-corrected chi connectivity index (χ0v) is 18.7. The Bertz CT molecular complexity index is 647. The first-order chi connectivity index (χ1) is 14.4. The van der Waals surface area contributed by atoms with E-state index in [1.54, 1.807) is 13.8 Å². The molecule has 0 aromatic heterocycles. The first-order valence-electron chi connectivity index (χ1n) is 9.70. The van der Waals surface area contributed by atoms with Crippen LogP contribution in [-0.2, 0) is 24.0 Å². The number of carboxylic acids is 1. The maximum atomic E-state index is 12.5. The highest BCUT2D eigenvalue weighted by Crippen LogP contribution is 2.06. The average molecular weight is 464 g/mol. The second-order valence-corrected chi connectivity index (χ2v) is 8.38. The van der Waals surface area contributed by atoms with Crippen LogP contribution in [0.5, 0.6) is 0 Å². The molecule has 4 atom stereocenters. The topological polar surface area (TPSA) is 214 Å². The summed E-state index contributed by atoms with van der Waals surface area (Å²) in [6, 6.07) is -5.05. The van der Waals surface area contributed by atoms with E-state index in [0.717, 1.165) is 0 Å². The van der Waals surface area contributed by atoms with E-state index in [-0.39, 0.29) is 12.3 Å². The van der Waals surface area contributed by atoms with Crippen LogP contribution in [-0.4, -0.2) is 82.6 Å². The molecule has 0 fully saturated rings. The lowest BCUT2D eigenvalue weighted by molar-refractivity contribution is -0.143. The Labute approximate surface area is 185 Å². The predicted octanol–water partition coefficient (Wildman–Crippen LogP) is -2.48. The number of nitrogens with two attached hydrogens (primary N) is 2. The monoisotopic (exact) mass is 463 g/mol. The predicted molar refractivity (Wildman–Crippen MR) is 115 cm³/mol. The molecule has 0 aromatic rings. The Morgan fingerprint density at radius 1 is 0.935 bits per heavy atom. The molecule has 12 nitrogen and oxygen atoms in total. The van der Waals surface area contributed by atoms with Crippen molar-refractivity contribution >= 4 is 41.4 Å². The van der Waals surface area contributed by atoms with E-state index in [1.807, 2.05) is 6.26 Å². The summed E-state index contributed by atoms with van der Waals surface area (Å²) in [5.41, 5.74) is 10.9. The summed E-state index contributed by atoms with van der Waals surface area (Å²) >= 11 is 1.49. The Morgan fingerprint density at radius 3 is 1.90 bits per heavy atom. The quantitative estimate of drug-likeness (QED) is 0.137. The first-order valence-corrected chi connectivity index (χ1v) is 11.1. The zero-order valence-electron chi connectivity index (χ0n) is 17.9. The fourth-order valence-corrected chi connectivity index (χ4v) is 2.99. The van der Waals surface area contributed by atoms with Crippen molar-refractivity contribution in [3.63, 3.8) is 0 Å². The fourth-order valence-electron chi connectivity index (χ4n) is 2.50. The number of aliphatic carboxylic acids is 1. The number of thioether (sulfide) groups is 1. The molecule has 0 bridgehead atoms. The molecule has 0 heterocycles. The van der Waals surface area contributed by atoms with Gasteiger partial charge in [0.05, 0.1) is 19.1 Å². The van der Waals surface area contributed by atoms with Gasteiger partial charge in [0.2, 0.25) is 23.6 Å². The van der Waals surface area contributed by atoms with Gasteiger partial charge in [0, 0.05) is 0 Å². The molecular formula is C18H33N5O7S. The van der Waals surface area contributed by atoms with Crippen LogP contribution in [0.1, 0.15) is 33.1 Å². The van der Waals surface area contributed by atoms with Crippen LogP contribution in [0.3, 0.4) is 0 Å². The molecule has 9 N–H and O–H groups in total. The third kappa shape index (κ3) is 11.5. The fraction of sp³-hybridized carbons (Fsp3) is 0.722. The highest BCUT2D eigenvalue weighted by molar-refractivity contribution is 7.98. The molecule has 4 unspecified atom stereocenters. The van der Waals surface area contributed by atoms with E-state index in [2.05, 4.69) is 16.0 Å². The van der Waals surface area contributed by atoms with Gasteiger partial charge in [-0.05, 0) is 30.8 Å². The Balaban J connectivity index is 5.23. The standard InChI is InChI=1S/C18H33N5O7S/c1-9(2)6-12(18(29)30)22-16(27)11(7-14(20)25)21-17(28)13(8-24)23-15(26)10(19)4-5-31-3/h9-13,24H,4-8,19H2,1-3H3,(H2,20,25)(H,21,28)(H,22,27)(H,23,26)(H,29,30). The third-order valence-corrected chi connectivity index (χ3v) is 4.79. The van der Waals surface area contributed by atoms with Gasteiger partial charge in [0.25, 0.3) is 0 Å². The number of carbonyl (C=O) groups excluding carboxylic acids is 4. The molecule has 178 valence electrons. The number of rotatable bonds is 15. The summed E-state index contributed by atoms with van der Waals surface area (Å²) in [6.07, 6.45) is 1.72. The molecule has 0 saturated heterocycles. The summed E-state index contributed by atoms with van der Waals surface area (Å²) in [4.78, 5) is 59.8. The molecule has 0 rings (SSSR count). The lowest BCUT2D eigenvalue weighted by Crippen LogP contribution is -2.58. The van der Waals surface area contributed by atoms with Gasteiger partial charge in [-0.25, -0.2) is 4.79 Å². The van der Waals surface area contributed by atoms with Crippen molar-refractivity contribution in [3.05, 3.63) is 0 Å². The van der Waals surface area contributed by atoms with Crippen molar-refractivity contribution in [2.75, 3.05) is 18.6 Å². The molecule has 0 aliphatic carbocycles. The van der Waals surface area contributed by atoms with Gasteiger partial charge in [-0.2, -0.15) is 11.8 Å². The lowest BCUT2D eigenvalue weighted by Gasteiger charge is -2.24. The van der Waals surface area contributed by atoms with Gasteiger partial charge in [0.1, 0.15) is 18.1 Å². The molecule has 4 amide bonds. The second kappa shape index (κ2) is 14.6. The number of aliphatic hydroxyl groups excluding tert-OH is 1. The van der Waals surface area contributed by atoms with Crippen molar-refractivity contribution < 1.29 is 34.2 Å². The van der Waals surface area contributed by atoms with Crippen LogP contribution < -0.4 is 27.4 Å². The average Bonchev–Trinajstić information content (AvgIpc) is 2.67. The molecule has 31 heavy (non-hydrogen) atoms. The van der Waals surface area contributed by atoms with Gasteiger partial charge >= 0.3 is 5.97 Å². The molecule has 13 heteroatoms. The summed E-state index contributed by atoms with van der Waals surface area (Å²) < 4.78 is 0. The third-order valence-electron chi connectivity index (χ3n) is 4.15. The number of primary amides is 1. The van der Waals surface area contributed by atoms with Crippen LogP contribution in [0.4, 0.5) is 0 Å². The maximum Gasteiger partial charge on any atom is 0.326 e. The van der Waals surface area contributed by atoms with Gasteiger partial charge in [-0.3, -0.25) is 19.2 Å². The van der Waals surface area contributed by atoms with Crippen molar-refractivity contribution in [3.8, 4) is 0 Å². The normalized spacial score (nSPS) is 14.8. The molecule has 0 aromatic carbocycles. The van der Waals surface area contributed by atoms with Gasteiger partial charge in [-0.1, -0.05) is 13.8 Å². The van der Waals surface area contributed by atoms with Crippen LogP contribution >= 0.6 is 11.8 Å². The molecule has 0 aliphatic heterocycles. The Morgan fingerprint density at radius 2 is 1.45 bits per heavy atom. The van der Waals surface area contributed by atoms with Crippen LogP contribution in [0.25, 0.3) is 0 Å². The number of carboxylic acid groups (broad SMARTS) is 1. The molecular weight excluding hydrogens is 430 g/mol. The minimum Gasteiger partial charge on any atom is -0.480 e. The van der Waals surface area contributed by atoms with E-state index < -0.39 is 66.8 Å². The number of carbonyl (C=O) groups is 5. The molecule has 0 aliphatic rings. The SMILES string of the molecule is CSCCC(N)C(=O)NC(CO)C(=O)NC(CC(N)=O)C(=O)NC(CC(C)C)C(=O)O. The summed E-state index contributed by atoms with van der Waals surface area (Å²) in [5.74, 6) is -4.17.